The van der Waals surface area contributed by atoms with Gasteiger partial charge in [-0.05, 0) is 49.3 Å². The molecule has 1 aliphatic rings. The summed E-state index contributed by atoms with van der Waals surface area (Å²) in [7, 11) is -2.24. The average molecular weight is 464 g/mol. The van der Waals surface area contributed by atoms with Gasteiger partial charge in [-0.3, -0.25) is 0 Å². The molecule has 0 amide bonds. The van der Waals surface area contributed by atoms with Crippen molar-refractivity contribution >= 4 is 38.5 Å². The number of esters is 1. The zero-order valence-corrected chi connectivity index (χ0v) is 21.2. The Balaban J connectivity index is 2.88. The molecule has 2 atom stereocenters. The fourth-order valence-corrected chi connectivity index (χ4v) is 4.99. The van der Waals surface area contributed by atoms with Crippen molar-refractivity contribution < 1.29 is 18.4 Å². The van der Waals surface area contributed by atoms with E-state index in [-0.39, 0.29) is 23.0 Å². The summed E-state index contributed by atoms with van der Waals surface area (Å²) in [5.41, 5.74) is 1.58. The summed E-state index contributed by atoms with van der Waals surface area (Å²) in [6.45, 7) is 20.1. The number of carbonyl (C=O) groups excluding carboxylic acids is 1. The maximum atomic E-state index is 12.3. The van der Waals surface area contributed by atoms with Crippen LogP contribution < -0.4 is 0 Å². The van der Waals surface area contributed by atoms with Crippen LogP contribution in [0.2, 0.25) is 31.2 Å². The van der Waals surface area contributed by atoms with E-state index in [1.165, 1.54) is 7.11 Å². The minimum absolute atomic E-state index is 0.0714. The van der Waals surface area contributed by atoms with Gasteiger partial charge < -0.3 is 13.6 Å². The lowest BCUT2D eigenvalue weighted by Crippen LogP contribution is -2.41. The van der Waals surface area contributed by atoms with Gasteiger partial charge in [-0.2, -0.15) is 0 Å². The monoisotopic (exact) mass is 462 g/mol. The van der Waals surface area contributed by atoms with E-state index in [0.717, 1.165) is 16.9 Å². The molecule has 0 aromatic carbocycles. The van der Waals surface area contributed by atoms with Crippen molar-refractivity contribution in [2.75, 3.05) is 18.7 Å². The van der Waals surface area contributed by atoms with E-state index in [9.17, 15) is 4.79 Å². The number of hydrogen-bond acceptors (Lipinski definition) is 4. The number of ether oxygens (including phenoxy) is 1. The third kappa shape index (κ3) is 6.16. The molecule has 0 N–H and O–H groups in total. The van der Waals surface area contributed by atoms with Crippen molar-refractivity contribution in [1.82, 2.24) is 0 Å². The summed E-state index contributed by atoms with van der Waals surface area (Å²) >= 11 is 3.54. The highest BCUT2D eigenvalue weighted by molar-refractivity contribution is 9.09. The van der Waals surface area contributed by atoms with E-state index in [0.29, 0.717) is 12.2 Å². The first kappa shape index (κ1) is 23.8. The third-order valence-electron chi connectivity index (χ3n) is 5.34. The van der Waals surface area contributed by atoms with Crippen LogP contribution in [-0.2, 0) is 18.4 Å². The molecule has 0 unspecified atom stereocenters. The lowest BCUT2D eigenvalue weighted by Gasteiger charge is -2.37. The highest BCUT2D eigenvalue weighted by Gasteiger charge is 2.39. The Bertz CT molecular complexity index is 564. The molecule has 1 rings (SSSR count). The van der Waals surface area contributed by atoms with Crippen LogP contribution >= 0.6 is 15.9 Å². The van der Waals surface area contributed by atoms with E-state index >= 15 is 0 Å². The standard InChI is InChI=1S/C19H35BrO4Si2/c1-14(12-23-26(8,9)19(2,3)4)16-10-15(24-25(6,7)13-20)11-17(16)18(21)22-5/h11,15-16H,1,10,12-13H2,2-9H3/t15-,16+/m1/s1. The second-order valence-electron chi connectivity index (χ2n) is 9.16. The van der Waals surface area contributed by atoms with Crippen LogP contribution in [0.4, 0.5) is 0 Å². The first-order valence-corrected chi connectivity index (χ1v) is 16.2. The molecule has 0 aromatic rings. The van der Waals surface area contributed by atoms with Crippen molar-refractivity contribution in [3.63, 3.8) is 0 Å². The van der Waals surface area contributed by atoms with Crippen molar-refractivity contribution in [3.05, 3.63) is 23.8 Å². The molecule has 26 heavy (non-hydrogen) atoms. The van der Waals surface area contributed by atoms with Crippen molar-refractivity contribution in [2.45, 2.75) is 64.5 Å². The third-order valence-corrected chi connectivity index (χ3v) is 15.5. The molecule has 7 heteroatoms. The van der Waals surface area contributed by atoms with Crippen LogP contribution in [-0.4, -0.2) is 47.4 Å². The van der Waals surface area contributed by atoms with E-state index in [2.05, 4.69) is 69.5 Å². The summed E-state index contributed by atoms with van der Waals surface area (Å²) in [4.78, 5) is 13.1. The Morgan fingerprint density at radius 3 is 2.35 bits per heavy atom. The van der Waals surface area contributed by atoms with Gasteiger partial charge in [0.1, 0.15) is 0 Å². The molecule has 0 saturated heterocycles. The first-order valence-electron chi connectivity index (χ1n) is 9.09. The van der Waals surface area contributed by atoms with E-state index in [1.807, 2.05) is 6.08 Å². The molecule has 0 saturated carbocycles. The van der Waals surface area contributed by atoms with Gasteiger partial charge in [-0.1, -0.05) is 43.3 Å². The number of halogens is 1. The Kier molecular flexibility index (Phi) is 8.12. The summed E-state index contributed by atoms with van der Waals surface area (Å²) < 4.78 is 17.6. The van der Waals surface area contributed by atoms with Gasteiger partial charge in [0.25, 0.3) is 0 Å². The van der Waals surface area contributed by atoms with Crippen LogP contribution in [0.3, 0.4) is 0 Å². The molecule has 1 aliphatic carbocycles. The van der Waals surface area contributed by atoms with Crippen LogP contribution in [0.15, 0.2) is 23.8 Å². The first-order chi connectivity index (χ1) is 11.7. The van der Waals surface area contributed by atoms with Gasteiger partial charge in [-0.25, -0.2) is 4.79 Å². The molecule has 150 valence electrons. The molecule has 0 aromatic heterocycles. The predicted molar refractivity (Wildman–Crippen MR) is 117 cm³/mol. The molecule has 0 fully saturated rings. The second kappa shape index (κ2) is 8.86. The second-order valence-corrected chi connectivity index (χ2v) is 19.7. The Morgan fingerprint density at radius 1 is 1.31 bits per heavy atom. The van der Waals surface area contributed by atoms with Gasteiger partial charge in [-0.15, -0.1) is 0 Å². The predicted octanol–water partition coefficient (Wildman–Crippen LogP) is 5.21. The summed E-state index contributed by atoms with van der Waals surface area (Å²) in [5.74, 6) is -0.370. The summed E-state index contributed by atoms with van der Waals surface area (Å²) in [5, 5.41) is 0.140. The highest BCUT2D eigenvalue weighted by Crippen LogP contribution is 2.39. The van der Waals surface area contributed by atoms with E-state index in [4.69, 9.17) is 13.6 Å². The van der Waals surface area contributed by atoms with Crippen molar-refractivity contribution in [1.29, 1.82) is 0 Å². The Hall–Kier alpha value is -0.216. The largest absolute Gasteiger partial charge is 0.466 e. The van der Waals surface area contributed by atoms with Gasteiger partial charge in [0.2, 0.25) is 0 Å². The van der Waals surface area contributed by atoms with Crippen LogP contribution in [0.5, 0.6) is 0 Å². The SMILES string of the molecule is C=C(CO[Si](C)(C)C(C)(C)C)[C@@H]1C[C@@H](O[Si](C)(C)CBr)C=C1C(=O)OC. The quantitative estimate of drug-likeness (QED) is 0.215. The van der Waals surface area contributed by atoms with Crippen LogP contribution in [0.1, 0.15) is 27.2 Å². The fourth-order valence-electron chi connectivity index (χ4n) is 2.57. The van der Waals surface area contributed by atoms with E-state index < -0.39 is 16.6 Å². The Morgan fingerprint density at radius 2 is 1.88 bits per heavy atom. The number of alkyl halides is 1. The normalized spacial score (nSPS) is 21.5. The average Bonchev–Trinajstić information content (AvgIpc) is 2.94. The molecule has 0 aliphatic heterocycles. The fraction of sp³-hybridized carbons (Fsp3) is 0.737. The van der Waals surface area contributed by atoms with Gasteiger partial charge in [0.05, 0.1) is 19.8 Å². The maximum absolute atomic E-state index is 12.3. The molecule has 4 nitrogen and oxygen atoms in total. The smallest absolute Gasteiger partial charge is 0.334 e. The van der Waals surface area contributed by atoms with Crippen LogP contribution in [0.25, 0.3) is 0 Å². The molecule has 0 radical (unpaired) electrons. The molecule has 0 heterocycles. The van der Waals surface area contributed by atoms with Crippen molar-refractivity contribution in [2.24, 2.45) is 5.92 Å². The summed E-state index contributed by atoms with van der Waals surface area (Å²) in [6, 6.07) is 0. The maximum Gasteiger partial charge on any atom is 0.334 e. The minimum atomic E-state index is -1.86. The summed E-state index contributed by atoms with van der Waals surface area (Å²) in [6.07, 6.45) is 2.58. The Labute approximate surface area is 169 Å². The lowest BCUT2D eigenvalue weighted by molar-refractivity contribution is -0.136. The zero-order valence-electron chi connectivity index (χ0n) is 17.6. The number of carbonyl (C=O) groups is 1. The van der Waals surface area contributed by atoms with Crippen LogP contribution in [0, 0.1) is 5.92 Å². The zero-order chi connectivity index (χ0) is 20.3. The minimum Gasteiger partial charge on any atom is -0.466 e. The van der Waals surface area contributed by atoms with Gasteiger partial charge in [0.15, 0.2) is 16.6 Å². The number of hydrogen-bond donors (Lipinski definition) is 0. The van der Waals surface area contributed by atoms with E-state index in [1.54, 1.807) is 0 Å². The van der Waals surface area contributed by atoms with Crippen molar-refractivity contribution in [3.8, 4) is 0 Å². The highest BCUT2D eigenvalue weighted by atomic mass is 79.9. The molecule has 0 bridgehead atoms. The molecular formula is C19H35BrO4Si2. The van der Waals surface area contributed by atoms with Gasteiger partial charge in [0, 0.05) is 16.4 Å². The number of rotatable bonds is 8. The molecule has 0 spiro atoms. The lowest BCUT2D eigenvalue weighted by atomic mass is 9.94. The topological polar surface area (TPSA) is 44.8 Å². The van der Waals surface area contributed by atoms with Gasteiger partial charge >= 0.3 is 5.97 Å². The number of methoxy groups -OCH3 is 1. The molecular weight excluding hydrogens is 428 g/mol.